The number of hydrogen-bond donors (Lipinski definition) is 2. The van der Waals surface area contributed by atoms with Gasteiger partial charge in [0.15, 0.2) is 0 Å². The lowest BCUT2D eigenvalue weighted by Gasteiger charge is -2.11. The molecule has 0 saturated heterocycles. The molecule has 1 aromatic carbocycles. The molecule has 0 heterocycles. The van der Waals surface area contributed by atoms with Crippen LogP contribution in [-0.4, -0.2) is 15.0 Å². The van der Waals surface area contributed by atoms with Gasteiger partial charge in [-0.15, -0.1) is 0 Å². The van der Waals surface area contributed by atoms with Crippen LogP contribution in [0.2, 0.25) is 0 Å². The van der Waals surface area contributed by atoms with Gasteiger partial charge in [-0.25, -0.2) is 0 Å². The third kappa shape index (κ3) is 4.11. The first-order valence-corrected chi connectivity index (χ1v) is 7.26. The molecule has 1 aromatic rings. The highest BCUT2D eigenvalue weighted by Gasteiger charge is 2.09. The minimum Gasteiger partial charge on any atom is -0.271 e. The number of hydrogen-bond acceptors (Lipinski definition) is 2. The maximum absolute atomic E-state index is 11.6. The number of halogens is 1. The maximum atomic E-state index is 11.6. The van der Waals surface area contributed by atoms with Gasteiger partial charge in [0, 0.05) is 11.0 Å². The van der Waals surface area contributed by atoms with E-state index in [-0.39, 0.29) is 0 Å². The lowest BCUT2D eigenvalue weighted by Crippen LogP contribution is -2.30. The fraction of sp³-hybridized carbons (Fsp3) is 0.400. The average Bonchev–Trinajstić information content (AvgIpc) is 2.19. The molecule has 0 aliphatic rings. The van der Waals surface area contributed by atoms with Crippen LogP contribution in [0, 0.1) is 6.92 Å². The summed E-state index contributed by atoms with van der Waals surface area (Å²) in [5.41, 5.74) is 1.46. The second-order valence-corrected chi connectivity index (χ2v) is 5.87. The van der Waals surface area contributed by atoms with Crippen molar-refractivity contribution in [2.75, 3.05) is 11.3 Å². The predicted molar refractivity (Wildman–Crippen MR) is 69.7 cm³/mol. The van der Waals surface area contributed by atoms with Gasteiger partial charge in [0.05, 0.1) is 5.69 Å². The Bertz CT molecular complexity index is 460. The number of anilines is 1. The van der Waals surface area contributed by atoms with E-state index in [0.29, 0.717) is 12.2 Å². The highest BCUT2D eigenvalue weighted by Crippen LogP contribution is 2.20. The molecule has 0 amide bonds. The number of rotatable bonds is 5. The monoisotopic (exact) mass is 306 g/mol. The summed E-state index contributed by atoms with van der Waals surface area (Å²) in [5, 5.41) is 0. The molecular weight excluding hydrogens is 292 g/mol. The summed E-state index contributed by atoms with van der Waals surface area (Å²) in [6, 6.07) is 5.38. The molecule has 0 atom stereocenters. The Kier molecular flexibility index (Phi) is 4.76. The Morgan fingerprint density at radius 2 is 2.06 bits per heavy atom. The Balaban J connectivity index is 2.80. The van der Waals surface area contributed by atoms with Crippen molar-refractivity contribution in [2.24, 2.45) is 0 Å². The van der Waals surface area contributed by atoms with Crippen LogP contribution in [0.3, 0.4) is 0 Å². The molecule has 4 nitrogen and oxygen atoms in total. The lowest BCUT2D eigenvalue weighted by atomic mass is 10.2. The zero-order chi connectivity index (χ0) is 12.2. The van der Waals surface area contributed by atoms with Crippen molar-refractivity contribution in [1.82, 2.24) is 4.72 Å². The Morgan fingerprint density at radius 3 is 2.62 bits per heavy atom. The molecule has 0 aliphatic carbocycles. The molecule has 0 spiro atoms. The van der Waals surface area contributed by atoms with Crippen LogP contribution in [0.1, 0.15) is 18.9 Å². The summed E-state index contributed by atoms with van der Waals surface area (Å²) in [4.78, 5) is 0. The minimum absolute atomic E-state index is 0.435. The molecule has 6 heteroatoms. The smallest absolute Gasteiger partial charge is 0.271 e. The van der Waals surface area contributed by atoms with Gasteiger partial charge in [0.1, 0.15) is 0 Å². The van der Waals surface area contributed by atoms with Crippen LogP contribution < -0.4 is 9.44 Å². The largest absolute Gasteiger partial charge is 0.299 e. The lowest BCUT2D eigenvalue weighted by molar-refractivity contribution is 0.586. The molecule has 90 valence electrons. The van der Waals surface area contributed by atoms with Crippen LogP contribution in [0.25, 0.3) is 0 Å². The molecule has 16 heavy (non-hydrogen) atoms. The van der Waals surface area contributed by atoms with E-state index in [0.717, 1.165) is 16.5 Å². The van der Waals surface area contributed by atoms with Crippen LogP contribution in [0.4, 0.5) is 5.69 Å². The van der Waals surface area contributed by atoms with Crippen molar-refractivity contribution >= 4 is 31.8 Å². The normalized spacial score (nSPS) is 11.4. The zero-order valence-electron chi connectivity index (χ0n) is 9.25. The summed E-state index contributed by atoms with van der Waals surface area (Å²) < 4.78 is 29.0. The van der Waals surface area contributed by atoms with E-state index in [1.54, 1.807) is 12.1 Å². The summed E-state index contributed by atoms with van der Waals surface area (Å²) in [6.07, 6.45) is 0.764. The van der Waals surface area contributed by atoms with E-state index in [1.165, 1.54) is 0 Å². The molecule has 2 N–H and O–H groups in total. The van der Waals surface area contributed by atoms with E-state index >= 15 is 0 Å². The van der Waals surface area contributed by atoms with E-state index in [2.05, 4.69) is 25.4 Å². The van der Waals surface area contributed by atoms with E-state index in [9.17, 15) is 8.42 Å². The Morgan fingerprint density at radius 1 is 1.38 bits per heavy atom. The molecule has 0 aliphatic heterocycles. The van der Waals surface area contributed by atoms with Crippen LogP contribution in [-0.2, 0) is 10.2 Å². The summed E-state index contributed by atoms with van der Waals surface area (Å²) in [7, 11) is -3.45. The third-order valence-electron chi connectivity index (χ3n) is 1.97. The van der Waals surface area contributed by atoms with Gasteiger partial charge < -0.3 is 0 Å². The molecule has 1 rings (SSSR count). The fourth-order valence-electron chi connectivity index (χ4n) is 1.16. The predicted octanol–water partition coefficient (Wildman–Crippen LogP) is 2.41. The molecule has 0 radical (unpaired) electrons. The molecule has 0 fully saturated rings. The number of benzene rings is 1. The standard InChI is InChI=1S/C10H15BrN2O2S/c1-3-6-12-16(14,15)13-10-5-4-9(11)7-8(10)2/h4-5,7,12-13H,3,6H2,1-2H3. The van der Waals surface area contributed by atoms with Crippen molar-refractivity contribution in [1.29, 1.82) is 0 Å². The average molecular weight is 307 g/mol. The van der Waals surface area contributed by atoms with Crippen molar-refractivity contribution in [2.45, 2.75) is 20.3 Å². The van der Waals surface area contributed by atoms with Crippen LogP contribution in [0.5, 0.6) is 0 Å². The minimum atomic E-state index is -3.45. The Labute approximate surface area is 105 Å². The third-order valence-corrected chi connectivity index (χ3v) is 3.54. The van der Waals surface area contributed by atoms with Crippen LogP contribution >= 0.6 is 15.9 Å². The van der Waals surface area contributed by atoms with E-state index < -0.39 is 10.2 Å². The van der Waals surface area contributed by atoms with Gasteiger partial charge >= 0.3 is 0 Å². The second-order valence-electron chi connectivity index (χ2n) is 3.46. The highest BCUT2D eigenvalue weighted by molar-refractivity contribution is 9.10. The summed E-state index contributed by atoms with van der Waals surface area (Å²) in [6.45, 7) is 4.20. The van der Waals surface area contributed by atoms with Gasteiger partial charge in [-0.2, -0.15) is 13.1 Å². The van der Waals surface area contributed by atoms with Gasteiger partial charge in [-0.1, -0.05) is 22.9 Å². The molecular formula is C10H15BrN2O2S. The SMILES string of the molecule is CCCNS(=O)(=O)Nc1ccc(Br)cc1C. The van der Waals surface area contributed by atoms with Crippen molar-refractivity contribution in [3.63, 3.8) is 0 Å². The Hall–Kier alpha value is -0.590. The summed E-state index contributed by atoms with van der Waals surface area (Å²) in [5.74, 6) is 0. The molecule has 0 saturated carbocycles. The first-order chi connectivity index (χ1) is 7.44. The number of nitrogens with one attached hydrogen (secondary N) is 2. The first-order valence-electron chi connectivity index (χ1n) is 4.98. The van der Waals surface area contributed by atoms with E-state index in [4.69, 9.17) is 0 Å². The van der Waals surface area contributed by atoms with Crippen molar-refractivity contribution in [3.8, 4) is 0 Å². The molecule has 0 unspecified atom stereocenters. The first kappa shape index (κ1) is 13.5. The quantitative estimate of drug-likeness (QED) is 0.877. The van der Waals surface area contributed by atoms with Gasteiger partial charge in [-0.3, -0.25) is 4.72 Å². The maximum Gasteiger partial charge on any atom is 0.299 e. The summed E-state index contributed by atoms with van der Waals surface area (Å²) >= 11 is 3.33. The number of aryl methyl sites for hydroxylation is 1. The van der Waals surface area contributed by atoms with Gasteiger partial charge in [-0.05, 0) is 37.1 Å². The van der Waals surface area contributed by atoms with Crippen LogP contribution in [0.15, 0.2) is 22.7 Å². The van der Waals surface area contributed by atoms with Gasteiger partial charge in [0.2, 0.25) is 0 Å². The van der Waals surface area contributed by atoms with Crippen molar-refractivity contribution < 1.29 is 8.42 Å². The second kappa shape index (κ2) is 5.65. The van der Waals surface area contributed by atoms with E-state index in [1.807, 2.05) is 19.9 Å². The van der Waals surface area contributed by atoms with Gasteiger partial charge in [0.25, 0.3) is 10.2 Å². The molecule has 0 aromatic heterocycles. The highest BCUT2D eigenvalue weighted by atomic mass is 79.9. The zero-order valence-corrected chi connectivity index (χ0v) is 11.7. The topological polar surface area (TPSA) is 58.2 Å². The van der Waals surface area contributed by atoms with Crippen molar-refractivity contribution in [3.05, 3.63) is 28.2 Å². The fourth-order valence-corrected chi connectivity index (χ4v) is 2.70. The molecule has 0 bridgehead atoms.